The smallest absolute Gasteiger partial charge is 0.355 e. The van der Waals surface area contributed by atoms with Gasteiger partial charge in [-0.15, -0.1) is 0 Å². The van der Waals surface area contributed by atoms with E-state index >= 15 is 0 Å². The molecule has 0 bridgehead atoms. The second kappa shape index (κ2) is 8.46. The van der Waals surface area contributed by atoms with Crippen molar-refractivity contribution in [2.45, 2.75) is 12.0 Å². The van der Waals surface area contributed by atoms with Crippen LogP contribution in [0.25, 0.3) is 6.08 Å². The van der Waals surface area contributed by atoms with Gasteiger partial charge >= 0.3 is 11.9 Å². The maximum absolute atomic E-state index is 13.1. The number of esters is 2. The van der Waals surface area contributed by atoms with E-state index in [1.54, 1.807) is 48.7 Å². The number of ether oxygens (including phenoxy) is 2. The first kappa shape index (κ1) is 22.1. The Kier molecular flexibility index (Phi) is 5.68. The van der Waals surface area contributed by atoms with Gasteiger partial charge in [0.25, 0.3) is 0 Å². The summed E-state index contributed by atoms with van der Waals surface area (Å²) in [6.45, 7) is 0. The standard InChI is InChI=1S/C25H18ClN3O4/c1-32-23(30)19-20(16-7-9-17(26)10-8-16)25(13-27,14-28)22-18-6-4-3-5-15(18)11-12-29(22)21(19)24(31)33-2/h3-12,20,22H,1-2H3/t20-,22-/m0/s1. The maximum Gasteiger partial charge on any atom is 0.355 e. The molecule has 0 radical (unpaired) electrons. The van der Waals surface area contributed by atoms with Gasteiger partial charge < -0.3 is 14.4 Å². The van der Waals surface area contributed by atoms with E-state index < -0.39 is 29.3 Å². The van der Waals surface area contributed by atoms with Crippen molar-refractivity contribution in [2.75, 3.05) is 14.2 Å². The summed E-state index contributed by atoms with van der Waals surface area (Å²) in [5.74, 6) is -2.74. The number of carbonyl (C=O) groups excluding carboxylic acids is 2. The molecule has 2 aromatic carbocycles. The highest BCUT2D eigenvalue weighted by Gasteiger charge is 2.60. The van der Waals surface area contributed by atoms with Crippen LogP contribution in [-0.2, 0) is 19.1 Å². The number of fused-ring (bicyclic) bond motifs is 3. The van der Waals surface area contributed by atoms with Crippen LogP contribution in [0.1, 0.15) is 28.7 Å². The summed E-state index contributed by atoms with van der Waals surface area (Å²) in [7, 11) is 2.38. The highest BCUT2D eigenvalue weighted by molar-refractivity contribution is 6.30. The number of nitriles is 2. The summed E-state index contributed by atoms with van der Waals surface area (Å²) < 4.78 is 10.0. The van der Waals surface area contributed by atoms with Crippen LogP contribution in [-0.4, -0.2) is 31.1 Å². The van der Waals surface area contributed by atoms with Crippen LogP contribution in [0.5, 0.6) is 0 Å². The zero-order valence-corrected chi connectivity index (χ0v) is 18.5. The first-order valence-corrected chi connectivity index (χ1v) is 10.4. The fourth-order valence-corrected chi connectivity index (χ4v) is 4.76. The van der Waals surface area contributed by atoms with E-state index in [4.69, 9.17) is 21.1 Å². The molecule has 0 saturated heterocycles. The number of carbonyl (C=O) groups is 2. The van der Waals surface area contributed by atoms with Crippen LogP contribution in [0.2, 0.25) is 5.02 Å². The van der Waals surface area contributed by atoms with Gasteiger partial charge in [0.2, 0.25) is 0 Å². The number of rotatable bonds is 3. The Morgan fingerprint density at radius 2 is 1.64 bits per heavy atom. The number of nitrogens with zero attached hydrogens (tertiary/aromatic N) is 3. The molecule has 0 spiro atoms. The zero-order chi connectivity index (χ0) is 23.8. The molecule has 0 amide bonds. The van der Waals surface area contributed by atoms with Crippen LogP contribution in [0.3, 0.4) is 0 Å². The van der Waals surface area contributed by atoms with E-state index in [9.17, 15) is 20.1 Å². The van der Waals surface area contributed by atoms with E-state index in [0.29, 0.717) is 16.1 Å². The quantitative estimate of drug-likeness (QED) is 0.636. The molecule has 2 aliphatic rings. The zero-order valence-electron chi connectivity index (χ0n) is 17.8. The summed E-state index contributed by atoms with van der Waals surface area (Å²) in [6, 6.07) is 17.3. The van der Waals surface area contributed by atoms with Gasteiger partial charge in [-0.1, -0.05) is 48.0 Å². The van der Waals surface area contributed by atoms with E-state index in [1.165, 1.54) is 19.1 Å². The van der Waals surface area contributed by atoms with Crippen LogP contribution in [0.4, 0.5) is 0 Å². The third kappa shape index (κ3) is 3.26. The molecule has 0 fully saturated rings. The number of hydrogen-bond acceptors (Lipinski definition) is 7. The molecule has 33 heavy (non-hydrogen) atoms. The van der Waals surface area contributed by atoms with Crippen molar-refractivity contribution < 1.29 is 19.1 Å². The molecule has 4 rings (SSSR count). The first-order valence-electron chi connectivity index (χ1n) is 9.97. The lowest BCUT2D eigenvalue weighted by Gasteiger charge is -2.49. The normalized spacial score (nSPS) is 20.1. The Morgan fingerprint density at radius 1 is 1.00 bits per heavy atom. The van der Waals surface area contributed by atoms with Gasteiger partial charge in [0.1, 0.15) is 5.70 Å². The van der Waals surface area contributed by atoms with Gasteiger partial charge in [0.05, 0.1) is 43.9 Å². The van der Waals surface area contributed by atoms with Gasteiger partial charge in [-0.2, -0.15) is 10.5 Å². The first-order chi connectivity index (χ1) is 15.9. The molecule has 164 valence electrons. The monoisotopic (exact) mass is 459 g/mol. The van der Waals surface area contributed by atoms with E-state index in [-0.39, 0.29) is 11.3 Å². The molecule has 0 aliphatic carbocycles. The number of halogens is 1. The van der Waals surface area contributed by atoms with Crippen LogP contribution >= 0.6 is 11.6 Å². The topological polar surface area (TPSA) is 103 Å². The van der Waals surface area contributed by atoms with Gasteiger partial charge in [0, 0.05) is 11.2 Å². The summed E-state index contributed by atoms with van der Waals surface area (Å²) in [5, 5.41) is 21.5. The van der Waals surface area contributed by atoms with E-state index in [1.807, 2.05) is 12.1 Å². The second-order valence-corrected chi connectivity index (χ2v) is 8.01. The van der Waals surface area contributed by atoms with Crippen LogP contribution in [0, 0.1) is 28.1 Å². The Hall–Kier alpha value is -4.07. The predicted molar refractivity (Wildman–Crippen MR) is 119 cm³/mol. The van der Waals surface area contributed by atoms with Gasteiger partial charge in [-0.25, -0.2) is 9.59 Å². The van der Waals surface area contributed by atoms with Crippen molar-refractivity contribution in [1.29, 1.82) is 10.5 Å². The summed E-state index contributed by atoms with van der Waals surface area (Å²) in [6.07, 6.45) is 3.34. The lowest BCUT2D eigenvalue weighted by molar-refractivity contribution is -0.142. The molecule has 7 nitrogen and oxygen atoms in total. The van der Waals surface area contributed by atoms with Crippen molar-refractivity contribution in [1.82, 2.24) is 4.90 Å². The van der Waals surface area contributed by atoms with Gasteiger partial charge in [0.15, 0.2) is 5.41 Å². The average Bonchev–Trinajstić information content (AvgIpc) is 2.86. The summed E-state index contributed by atoms with van der Waals surface area (Å²) in [4.78, 5) is 27.6. The third-order valence-corrected chi connectivity index (χ3v) is 6.28. The number of methoxy groups -OCH3 is 2. The minimum Gasteiger partial charge on any atom is -0.466 e. The minimum absolute atomic E-state index is 0.0822. The second-order valence-electron chi connectivity index (χ2n) is 7.58. The molecule has 8 heteroatoms. The number of benzene rings is 2. The Balaban J connectivity index is 2.16. The highest BCUT2D eigenvalue weighted by Crippen LogP contribution is 2.58. The molecule has 2 aromatic rings. The molecule has 0 unspecified atom stereocenters. The van der Waals surface area contributed by atoms with Gasteiger partial charge in [-0.05, 0) is 34.9 Å². The molecule has 2 atom stereocenters. The van der Waals surface area contributed by atoms with Crippen molar-refractivity contribution in [3.63, 3.8) is 0 Å². The molecule has 2 heterocycles. The van der Waals surface area contributed by atoms with Gasteiger partial charge in [-0.3, -0.25) is 0 Å². The molecular formula is C25H18ClN3O4. The Morgan fingerprint density at radius 3 is 2.24 bits per heavy atom. The number of hydrogen-bond donors (Lipinski definition) is 0. The maximum atomic E-state index is 13.1. The van der Waals surface area contributed by atoms with E-state index in [0.717, 1.165) is 5.56 Å². The molecular weight excluding hydrogens is 442 g/mol. The lowest BCUT2D eigenvalue weighted by Crippen LogP contribution is -2.50. The summed E-state index contributed by atoms with van der Waals surface area (Å²) >= 11 is 6.07. The SMILES string of the molecule is COC(=O)C1=C(C(=O)OC)N2C=Cc3ccccc3[C@H]2C(C#N)(C#N)[C@H]1c1ccc(Cl)cc1. The van der Waals surface area contributed by atoms with Crippen molar-refractivity contribution in [2.24, 2.45) is 5.41 Å². The molecule has 0 aromatic heterocycles. The van der Waals surface area contributed by atoms with Crippen molar-refractivity contribution in [3.05, 3.63) is 87.7 Å². The van der Waals surface area contributed by atoms with E-state index in [2.05, 4.69) is 12.1 Å². The fourth-order valence-electron chi connectivity index (χ4n) is 4.64. The predicted octanol–water partition coefficient (Wildman–Crippen LogP) is 4.10. The minimum atomic E-state index is -1.80. The molecule has 0 saturated carbocycles. The third-order valence-electron chi connectivity index (χ3n) is 6.03. The lowest BCUT2D eigenvalue weighted by atomic mass is 9.60. The Labute approximate surface area is 195 Å². The average molecular weight is 460 g/mol. The molecule has 2 aliphatic heterocycles. The summed E-state index contributed by atoms with van der Waals surface area (Å²) in [5.41, 5.74) is -0.0655. The molecule has 0 N–H and O–H groups in total. The fraction of sp³-hybridized carbons (Fsp3) is 0.200. The largest absolute Gasteiger partial charge is 0.466 e. The van der Waals surface area contributed by atoms with Crippen molar-refractivity contribution >= 4 is 29.6 Å². The highest BCUT2D eigenvalue weighted by atomic mass is 35.5. The van der Waals surface area contributed by atoms with Crippen LogP contribution < -0.4 is 0 Å². The Bertz CT molecular complexity index is 1270. The van der Waals surface area contributed by atoms with Crippen LogP contribution in [0.15, 0.2) is 66.0 Å². The van der Waals surface area contributed by atoms with Crippen molar-refractivity contribution in [3.8, 4) is 12.1 Å².